The largest absolute Gasteiger partial charge is 0.497 e. The Labute approximate surface area is 169 Å². The Balaban J connectivity index is 1.65. The summed E-state index contributed by atoms with van der Waals surface area (Å²) in [5.41, 5.74) is 2.79. The lowest BCUT2D eigenvalue weighted by molar-refractivity contribution is -0.137. The molecule has 3 rings (SSSR count). The van der Waals surface area contributed by atoms with Crippen LogP contribution in [0.1, 0.15) is 17.5 Å². The summed E-state index contributed by atoms with van der Waals surface area (Å²) in [6, 6.07) is 15.1. The van der Waals surface area contributed by atoms with E-state index in [9.17, 15) is 4.79 Å². The van der Waals surface area contributed by atoms with Gasteiger partial charge in [0.2, 0.25) is 5.91 Å². The van der Waals surface area contributed by atoms with Crippen molar-refractivity contribution in [2.24, 2.45) is 5.16 Å². The number of nitrogens with zero attached hydrogens (tertiary/aromatic N) is 2. The second-order valence-corrected chi connectivity index (χ2v) is 6.97. The Hall–Kier alpha value is -2.57. The van der Waals surface area contributed by atoms with Crippen LogP contribution in [0.5, 0.6) is 5.75 Å². The number of hydrogen-bond acceptors (Lipinski definition) is 5. The van der Waals surface area contributed by atoms with Crippen molar-refractivity contribution in [2.75, 3.05) is 27.4 Å². The van der Waals surface area contributed by atoms with E-state index in [-0.39, 0.29) is 18.6 Å². The molecule has 0 saturated heterocycles. The maximum absolute atomic E-state index is 12.5. The van der Waals surface area contributed by atoms with Gasteiger partial charge in [-0.15, -0.1) is 0 Å². The SMILES string of the molecule is COCC(=O)N(Cc1cccc(Cl)c1)CC1CC(c2ccc(OC)cc2)=NO1. The number of carbonyl (C=O) groups excluding carboxylic acids is 1. The molecule has 28 heavy (non-hydrogen) atoms. The Morgan fingerprint density at radius 2 is 2.04 bits per heavy atom. The van der Waals surface area contributed by atoms with Gasteiger partial charge in [-0.1, -0.05) is 28.9 Å². The minimum atomic E-state index is -0.211. The molecule has 1 aliphatic rings. The molecule has 0 spiro atoms. The van der Waals surface area contributed by atoms with Gasteiger partial charge in [0.05, 0.1) is 19.4 Å². The smallest absolute Gasteiger partial charge is 0.248 e. The number of halogens is 1. The quantitative estimate of drug-likeness (QED) is 0.677. The zero-order valence-corrected chi connectivity index (χ0v) is 16.7. The molecule has 0 aliphatic carbocycles. The molecule has 1 amide bonds. The zero-order chi connectivity index (χ0) is 19.9. The van der Waals surface area contributed by atoms with Gasteiger partial charge in [0, 0.05) is 25.1 Å². The third kappa shape index (κ3) is 5.24. The fourth-order valence-electron chi connectivity index (χ4n) is 3.05. The third-order valence-corrected chi connectivity index (χ3v) is 4.70. The number of carbonyl (C=O) groups is 1. The number of oxime groups is 1. The van der Waals surface area contributed by atoms with Crippen molar-refractivity contribution in [2.45, 2.75) is 19.1 Å². The van der Waals surface area contributed by atoms with E-state index >= 15 is 0 Å². The first-order chi connectivity index (χ1) is 13.6. The molecule has 0 aromatic heterocycles. The van der Waals surface area contributed by atoms with Crippen LogP contribution in [0.15, 0.2) is 53.7 Å². The maximum atomic E-state index is 12.5. The molecular weight excluding hydrogens is 380 g/mol. The fraction of sp³-hybridized carbons (Fsp3) is 0.333. The van der Waals surface area contributed by atoms with Crippen LogP contribution in [-0.4, -0.2) is 50.0 Å². The van der Waals surface area contributed by atoms with Gasteiger partial charge in [-0.2, -0.15) is 0 Å². The van der Waals surface area contributed by atoms with Crippen LogP contribution in [0.3, 0.4) is 0 Å². The van der Waals surface area contributed by atoms with Crippen molar-refractivity contribution < 1.29 is 19.1 Å². The monoisotopic (exact) mass is 402 g/mol. The molecule has 0 radical (unpaired) electrons. The molecule has 0 saturated carbocycles. The van der Waals surface area contributed by atoms with Gasteiger partial charge >= 0.3 is 0 Å². The molecule has 1 heterocycles. The Morgan fingerprint density at radius 1 is 1.25 bits per heavy atom. The van der Waals surface area contributed by atoms with Crippen LogP contribution in [0.2, 0.25) is 5.02 Å². The summed E-state index contributed by atoms with van der Waals surface area (Å²) in [5, 5.41) is 4.85. The van der Waals surface area contributed by atoms with Crippen LogP contribution < -0.4 is 4.74 Å². The van der Waals surface area contributed by atoms with Crippen molar-refractivity contribution >= 4 is 23.2 Å². The minimum Gasteiger partial charge on any atom is -0.497 e. The van der Waals surface area contributed by atoms with Crippen LogP contribution in [0, 0.1) is 0 Å². The fourth-order valence-corrected chi connectivity index (χ4v) is 3.26. The van der Waals surface area contributed by atoms with E-state index in [1.54, 1.807) is 18.1 Å². The molecule has 0 N–H and O–H groups in total. The summed E-state index contributed by atoms with van der Waals surface area (Å²) < 4.78 is 10.2. The van der Waals surface area contributed by atoms with Crippen molar-refractivity contribution in [1.82, 2.24) is 4.90 Å². The predicted molar refractivity (Wildman–Crippen MR) is 108 cm³/mol. The van der Waals surface area contributed by atoms with Gasteiger partial charge in [0.15, 0.2) is 6.10 Å². The highest BCUT2D eigenvalue weighted by molar-refractivity contribution is 6.30. The van der Waals surface area contributed by atoms with Gasteiger partial charge in [0.1, 0.15) is 12.4 Å². The van der Waals surface area contributed by atoms with Gasteiger partial charge in [-0.25, -0.2) is 0 Å². The molecule has 148 valence electrons. The predicted octanol–water partition coefficient (Wildman–Crippen LogP) is 3.52. The highest BCUT2D eigenvalue weighted by Crippen LogP contribution is 2.21. The molecule has 0 fully saturated rings. The summed E-state index contributed by atoms with van der Waals surface area (Å²) in [6.45, 7) is 0.859. The lowest BCUT2D eigenvalue weighted by Gasteiger charge is -2.25. The topological polar surface area (TPSA) is 60.4 Å². The van der Waals surface area contributed by atoms with Crippen LogP contribution in [0.25, 0.3) is 0 Å². The highest BCUT2D eigenvalue weighted by atomic mass is 35.5. The average Bonchev–Trinajstić information content (AvgIpc) is 3.16. The molecule has 1 atom stereocenters. The highest BCUT2D eigenvalue weighted by Gasteiger charge is 2.27. The maximum Gasteiger partial charge on any atom is 0.248 e. The molecule has 2 aromatic carbocycles. The molecular formula is C21H23ClN2O4. The van der Waals surface area contributed by atoms with E-state index in [1.807, 2.05) is 42.5 Å². The molecule has 1 unspecified atom stereocenters. The Morgan fingerprint density at radius 3 is 2.71 bits per heavy atom. The Kier molecular flexibility index (Phi) is 6.90. The van der Waals surface area contributed by atoms with Crippen molar-refractivity contribution in [1.29, 1.82) is 0 Å². The van der Waals surface area contributed by atoms with Gasteiger partial charge in [0.25, 0.3) is 0 Å². The number of rotatable bonds is 8. The molecule has 0 bridgehead atoms. The lowest BCUT2D eigenvalue weighted by Crippen LogP contribution is -2.39. The van der Waals surface area contributed by atoms with E-state index in [1.165, 1.54) is 7.11 Å². The van der Waals surface area contributed by atoms with E-state index < -0.39 is 0 Å². The van der Waals surface area contributed by atoms with Crippen molar-refractivity contribution in [3.05, 3.63) is 64.7 Å². The summed E-state index contributed by atoms with van der Waals surface area (Å²) in [4.78, 5) is 19.8. The lowest BCUT2D eigenvalue weighted by atomic mass is 10.0. The second kappa shape index (κ2) is 9.57. The number of methoxy groups -OCH3 is 2. The van der Waals surface area contributed by atoms with Gasteiger partial charge in [-0.05, 0) is 47.5 Å². The second-order valence-electron chi connectivity index (χ2n) is 6.54. The summed E-state index contributed by atoms with van der Waals surface area (Å²) in [7, 11) is 3.14. The number of hydrogen-bond donors (Lipinski definition) is 0. The van der Waals surface area contributed by atoms with Crippen molar-refractivity contribution in [3.63, 3.8) is 0 Å². The summed E-state index contributed by atoms with van der Waals surface area (Å²) in [6.07, 6.45) is 0.413. The number of benzene rings is 2. The average molecular weight is 403 g/mol. The Bertz CT molecular complexity index is 839. The van der Waals surface area contributed by atoms with Crippen LogP contribution in [-0.2, 0) is 20.9 Å². The first kappa shape index (κ1) is 20.2. The minimum absolute atomic E-state index is 0.0134. The van der Waals surface area contributed by atoms with Crippen LogP contribution in [0.4, 0.5) is 0 Å². The standard InChI is InChI=1S/C21H23ClN2O4/c1-26-14-21(25)24(12-15-4-3-5-17(22)10-15)13-19-11-20(23-28-19)16-6-8-18(27-2)9-7-16/h3-10,19H,11-14H2,1-2H3. The first-order valence-electron chi connectivity index (χ1n) is 8.97. The van der Waals surface area contributed by atoms with Gasteiger partial charge in [-0.3, -0.25) is 4.79 Å². The third-order valence-electron chi connectivity index (χ3n) is 4.46. The number of amides is 1. The molecule has 1 aliphatic heterocycles. The van der Waals surface area contributed by atoms with E-state index in [0.717, 1.165) is 22.6 Å². The van der Waals surface area contributed by atoms with Gasteiger partial charge < -0.3 is 19.2 Å². The van der Waals surface area contributed by atoms with E-state index in [2.05, 4.69) is 5.16 Å². The molecule has 6 nitrogen and oxygen atoms in total. The van der Waals surface area contributed by atoms with E-state index in [0.29, 0.717) is 24.5 Å². The molecule has 2 aromatic rings. The van der Waals surface area contributed by atoms with Crippen molar-refractivity contribution in [3.8, 4) is 5.75 Å². The first-order valence-corrected chi connectivity index (χ1v) is 9.35. The normalized spacial score (nSPS) is 15.7. The summed E-state index contributed by atoms with van der Waals surface area (Å²) in [5.74, 6) is 0.682. The van der Waals surface area contributed by atoms with E-state index in [4.69, 9.17) is 25.9 Å². The number of ether oxygens (including phenoxy) is 2. The summed E-state index contributed by atoms with van der Waals surface area (Å²) >= 11 is 6.07. The zero-order valence-electron chi connectivity index (χ0n) is 15.9. The molecule has 7 heteroatoms. The van der Waals surface area contributed by atoms with Crippen LogP contribution >= 0.6 is 11.6 Å².